The molecule has 0 bridgehead atoms. The summed E-state index contributed by atoms with van der Waals surface area (Å²) in [5.41, 5.74) is 0.920. The quantitative estimate of drug-likeness (QED) is 0.794. The fraction of sp³-hybridized carbons (Fsp3) is 0.0769. The second-order valence-electron chi connectivity index (χ2n) is 3.47. The summed E-state index contributed by atoms with van der Waals surface area (Å²) in [6, 6.07) is 8.75. The molecule has 2 nitrogen and oxygen atoms in total. The van der Waals surface area contributed by atoms with E-state index in [0.29, 0.717) is 11.1 Å². The summed E-state index contributed by atoms with van der Waals surface area (Å²) in [6.45, 7) is 0. The van der Waals surface area contributed by atoms with E-state index < -0.39 is 5.82 Å². The molecule has 0 unspecified atom stereocenters. The van der Waals surface area contributed by atoms with Gasteiger partial charge in [0.05, 0.1) is 12.5 Å². The molecule has 84 valence electrons. The molecular formula is C13H8F2N2. The van der Waals surface area contributed by atoms with Crippen LogP contribution in [0.25, 0.3) is 11.3 Å². The number of hydrogen-bond donors (Lipinski definition) is 0. The summed E-state index contributed by atoms with van der Waals surface area (Å²) in [6.07, 6.45) is 1.43. The normalized spacial score (nSPS) is 9.94. The Labute approximate surface area is 97.2 Å². The predicted molar refractivity (Wildman–Crippen MR) is 58.9 cm³/mol. The van der Waals surface area contributed by atoms with Crippen molar-refractivity contribution in [2.75, 3.05) is 0 Å². The smallest absolute Gasteiger partial charge is 0.153 e. The molecule has 1 aromatic heterocycles. The van der Waals surface area contributed by atoms with E-state index in [1.165, 1.54) is 36.5 Å². The van der Waals surface area contributed by atoms with Crippen molar-refractivity contribution in [1.82, 2.24) is 4.98 Å². The lowest BCUT2D eigenvalue weighted by molar-refractivity contribution is 0.612. The minimum absolute atomic E-state index is 0.0114. The van der Waals surface area contributed by atoms with Gasteiger partial charge in [0.1, 0.15) is 11.5 Å². The van der Waals surface area contributed by atoms with Crippen LogP contribution in [0.3, 0.4) is 0 Å². The van der Waals surface area contributed by atoms with Gasteiger partial charge < -0.3 is 0 Å². The highest BCUT2D eigenvalue weighted by molar-refractivity contribution is 5.60. The highest BCUT2D eigenvalue weighted by Gasteiger charge is 2.11. The Hall–Kier alpha value is -2.28. The Bertz CT molecular complexity index is 571. The lowest BCUT2D eigenvalue weighted by Gasteiger charge is -2.05. The molecule has 0 amide bonds. The molecule has 0 aliphatic carbocycles. The van der Waals surface area contributed by atoms with Crippen LogP contribution < -0.4 is 0 Å². The van der Waals surface area contributed by atoms with Gasteiger partial charge in [-0.3, -0.25) is 4.98 Å². The Kier molecular flexibility index (Phi) is 3.10. The fourth-order valence-corrected chi connectivity index (χ4v) is 1.51. The molecule has 1 aromatic carbocycles. The van der Waals surface area contributed by atoms with E-state index >= 15 is 0 Å². The van der Waals surface area contributed by atoms with Crippen molar-refractivity contribution in [2.45, 2.75) is 6.42 Å². The van der Waals surface area contributed by atoms with E-state index in [1.807, 2.05) is 6.07 Å². The second kappa shape index (κ2) is 4.71. The standard InChI is InChI=1S/C13H8F2N2/c14-11-3-1-10(2-4-11)13-12(15)9(5-7-16)6-8-17-13/h1-4,6,8H,5H2. The summed E-state index contributed by atoms with van der Waals surface area (Å²) in [5.74, 6) is -0.914. The molecule has 0 N–H and O–H groups in total. The number of benzene rings is 1. The average molecular weight is 230 g/mol. The van der Waals surface area contributed by atoms with Crippen molar-refractivity contribution in [3.63, 3.8) is 0 Å². The largest absolute Gasteiger partial charge is 0.253 e. The van der Waals surface area contributed by atoms with Gasteiger partial charge in [-0.25, -0.2) is 8.78 Å². The van der Waals surface area contributed by atoms with Gasteiger partial charge in [-0.1, -0.05) is 0 Å². The lowest BCUT2D eigenvalue weighted by atomic mass is 10.1. The van der Waals surface area contributed by atoms with Crippen LogP contribution in [-0.2, 0) is 6.42 Å². The van der Waals surface area contributed by atoms with E-state index in [4.69, 9.17) is 5.26 Å². The van der Waals surface area contributed by atoms with E-state index in [-0.39, 0.29) is 17.9 Å². The van der Waals surface area contributed by atoms with Crippen LogP contribution in [0.15, 0.2) is 36.5 Å². The Morgan fingerprint density at radius 1 is 1.12 bits per heavy atom. The maximum atomic E-state index is 13.9. The summed E-state index contributed by atoms with van der Waals surface area (Å²) < 4.78 is 26.7. The van der Waals surface area contributed by atoms with Crippen LogP contribution in [0.5, 0.6) is 0 Å². The molecule has 17 heavy (non-hydrogen) atoms. The van der Waals surface area contributed by atoms with Gasteiger partial charge in [-0.15, -0.1) is 0 Å². The third-order valence-corrected chi connectivity index (χ3v) is 2.36. The Morgan fingerprint density at radius 2 is 1.82 bits per heavy atom. The molecule has 2 rings (SSSR count). The van der Waals surface area contributed by atoms with E-state index in [0.717, 1.165) is 0 Å². The van der Waals surface area contributed by atoms with E-state index in [1.54, 1.807) is 0 Å². The predicted octanol–water partition coefficient (Wildman–Crippen LogP) is 3.09. The van der Waals surface area contributed by atoms with Crippen molar-refractivity contribution >= 4 is 0 Å². The summed E-state index contributed by atoms with van der Waals surface area (Å²) in [5, 5.41) is 8.56. The van der Waals surface area contributed by atoms with Gasteiger partial charge >= 0.3 is 0 Å². The zero-order valence-corrected chi connectivity index (χ0v) is 8.82. The first kappa shape index (κ1) is 11.2. The first-order valence-electron chi connectivity index (χ1n) is 4.98. The maximum Gasteiger partial charge on any atom is 0.153 e. The van der Waals surface area contributed by atoms with Crippen LogP contribution in [0.2, 0.25) is 0 Å². The molecule has 4 heteroatoms. The van der Waals surface area contributed by atoms with E-state index in [2.05, 4.69) is 4.98 Å². The third-order valence-electron chi connectivity index (χ3n) is 2.36. The lowest BCUT2D eigenvalue weighted by Crippen LogP contribution is -1.95. The third kappa shape index (κ3) is 2.28. The number of nitrogens with zero attached hydrogens (tertiary/aromatic N) is 2. The summed E-state index contributed by atoms with van der Waals surface area (Å²) in [7, 11) is 0. The van der Waals surface area contributed by atoms with Crippen LogP contribution in [0.4, 0.5) is 8.78 Å². The molecule has 0 spiro atoms. The van der Waals surface area contributed by atoms with Crippen molar-refractivity contribution in [3.8, 4) is 17.3 Å². The maximum absolute atomic E-state index is 13.9. The molecule has 0 saturated heterocycles. The minimum atomic E-state index is -0.527. The van der Waals surface area contributed by atoms with Crippen molar-refractivity contribution in [1.29, 1.82) is 5.26 Å². The summed E-state index contributed by atoms with van der Waals surface area (Å²) >= 11 is 0. The molecule has 0 aliphatic rings. The van der Waals surface area contributed by atoms with E-state index in [9.17, 15) is 8.78 Å². The molecular weight excluding hydrogens is 222 g/mol. The molecule has 0 aliphatic heterocycles. The van der Waals surface area contributed by atoms with Gasteiger partial charge in [0.2, 0.25) is 0 Å². The molecule has 0 saturated carbocycles. The van der Waals surface area contributed by atoms with Crippen molar-refractivity contribution < 1.29 is 8.78 Å². The van der Waals surface area contributed by atoms with Crippen molar-refractivity contribution in [3.05, 3.63) is 53.7 Å². The number of rotatable bonds is 2. The number of pyridine rings is 1. The highest BCUT2D eigenvalue weighted by atomic mass is 19.1. The van der Waals surface area contributed by atoms with Crippen LogP contribution in [0.1, 0.15) is 5.56 Å². The molecule has 0 atom stereocenters. The second-order valence-corrected chi connectivity index (χ2v) is 3.47. The summed E-state index contributed by atoms with van der Waals surface area (Å²) in [4.78, 5) is 3.91. The van der Waals surface area contributed by atoms with Gasteiger partial charge in [-0.05, 0) is 30.3 Å². The fourth-order valence-electron chi connectivity index (χ4n) is 1.51. The minimum Gasteiger partial charge on any atom is -0.253 e. The van der Waals surface area contributed by atoms with Gasteiger partial charge in [0.25, 0.3) is 0 Å². The van der Waals surface area contributed by atoms with Crippen LogP contribution in [-0.4, -0.2) is 4.98 Å². The molecule has 1 heterocycles. The van der Waals surface area contributed by atoms with Crippen LogP contribution >= 0.6 is 0 Å². The Balaban J connectivity index is 2.49. The molecule has 0 fully saturated rings. The number of nitriles is 1. The Morgan fingerprint density at radius 3 is 2.47 bits per heavy atom. The zero-order chi connectivity index (χ0) is 12.3. The van der Waals surface area contributed by atoms with Crippen molar-refractivity contribution in [2.24, 2.45) is 0 Å². The van der Waals surface area contributed by atoms with Crippen LogP contribution in [0, 0.1) is 23.0 Å². The topological polar surface area (TPSA) is 36.7 Å². The van der Waals surface area contributed by atoms with Gasteiger partial charge in [-0.2, -0.15) is 5.26 Å². The van der Waals surface area contributed by atoms with Gasteiger partial charge in [0.15, 0.2) is 5.82 Å². The monoisotopic (exact) mass is 230 g/mol. The van der Waals surface area contributed by atoms with Gasteiger partial charge in [0, 0.05) is 17.3 Å². The molecule has 2 aromatic rings. The first-order valence-corrected chi connectivity index (χ1v) is 4.98. The average Bonchev–Trinajstić information content (AvgIpc) is 2.34. The first-order chi connectivity index (χ1) is 8.22. The number of hydrogen-bond acceptors (Lipinski definition) is 2. The molecule has 0 radical (unpaired) electrons. The highest BCUT2D eigenvalue weighted by Crippen LogP contribution is 2.22. The SMILES string of the molecule is N#CCc1ccnc(-c2ccc(F)cc2)c1F. The zero-order valence-electron chi connectivity index (χ0n) is 8.82. The number of halogens is 2. The number of aromatic nitrogens is 1.